The van der Waals surface area contributed by atoms with E-state index in [-0.39, 0.29) is 10.5 Å². The molecule has 0 aromatic heterocycles. The van der Waals surface area contributed by atoms with Gasteiger partial charge < -0.3 is 10.2 Å². The van der Waals surface area contributed by atoms with Gasteiger partial charge in [0.15, 0.2) is 0 Å². The highest BCUT2D eigenvalue weighted by Gasteiger charge is 2.21. The lowest BCUT2D eigenvalue weighted by molar-refractivity contribution is 0.0693. The van der Waals surface area contributed by atoms with E-state index in [1.807, 2.05) is 0 Å². The van der Waals surface area contributed by atoms with Gasteiger partial charge in [-0.2, -0.15) is 0 Å². The Balaban J connectivity index is 2.50. The number of aromatic hydroxyl groups is 1. The largest absolute Gasteiger partial charge is 0.507 e. The van der Waals surface area contributed by atoms with Gasteiger partial charge in [0.1, 0.15) is 11.3 Å². The van der Waals surface area contributed by atoms with Crippen LogP contribution in [0.2, 0.25) is 0 Å². The fraction of sp³-hybridized carbons (Fsp3) is 0.0714. The first-order valence-corrected chi connectivity index (χ1v) is 7.44. The highest BCUT2D eigenvalue weighted by atomic mass is 32.2. The van der Waals surface area contributed by atoms with Crippen molar-refractivity contribution in [1.82, 2.24) is 0 Å². The van der Waals surface area contributed by atoms with E-state index >= 15 is 0 Å². The number of carboxylic acids is 1. The molecule has 2 rings (SSSR count). The molecule has 2 aromatic carbocycles. The van der Waals surface area contributed by atoms with Crippen molar-refractivity contribution in [2.24, 2.45) is 0 Å². The summed E-state index contributed by atoms with van der Waals surface area (Å²) in [4.78, 5) is 10.8. The smallest absolute Gasteiger partial charge is 0.339 e. The van der Waals surface area contributed by atoms with Crippen LogP contribution < -0.4 is 4.72 Å². The van der Waals surface area contributed by atoms with Crippen molar-refractivity contribution in [3.05, 3.63) is 53.6 Å². The Morgan fingerprint density at radius 3 is 2.33 bits per heavy atom. The number of rotatable bonds is 4. The average Bonchev–Trinajstić information content (AvgIpc) is 2.38. The number of hydrogen-bond donors (Lipinski definition) is 3. The van der Waals surface area contributed by atoms with Crippen molar-refractivity contribution in [3.63, 3.8) is 0 Å². The Morgan fingerprint density at radius 1 is 1.14 bits per heavy atom. The SMILES string of the molecule is Cc1cc(O)c(C(=O)O)cc1S(=O)(=O)Nc1ccccc1. The van der Waals surface area contributed by atoms with E-state index in [0.29, 0.717) is 5.69 Å². The summed E-state index contributed by atoms with van der Waals surface area (Å²) in [5.74, 6) is -1.87. The summed E-state index contributed by atoms with van der Waals surface area (Å²) in [6.07, 6.45) is 0. The molecule has 2 aromatic rings. The Labute approximate surface area is 121 Å². The molecular formula is C14H13NO5S. The van der Waals surface area contributed by atoms with Gasteiger partial charge in [-0.25, -0.2) is 13.2 Å². The van der Waals surface area contributed by atoms with Crippen LogP contribution in [0.5, 0.6) is 5.75 Å². The summed E-state index contributed by atoms with van der Waals surface area (Å²) in [7, 11) is -3.94. The Bertz CT molecular complexity index is 785. The van der Waals surface area contributed by atoms with E-state index in [1.165, 1.54) is 6.92 Å². The number of phenols is 1. The van der Waals surface area contributed by atoms with E-state index in [2.05, 4.69) is 4.72 Å². The predicted molar refractivity (Wildman–Crippen MR) is 77.1 cm³/mol. The lowest BCUT2D eigenvalue weighted by Crippen LogP contribution is -2.15. The molecule has 7 heteroatoms. The van der Waals surface area contributed by atoms with Crippen molar-refractivity contribution in [2.75, 3.05) is 4.72 Å². The summed E-state index contributed by atoms with van der Waals surface area (Å²) in [5, 5.41) is 18.5. The Hall–Kier alpha value is -2.54. The molecular weight excluding hydrogens is 294 g/mol. The molecule has 0 saturated carbocycles. The highest BCUT2D eigenvalue weighted by molar-refractivity contribution is 7.92. The number of aryl methyl sites for hydroxylation is 1. The number of anilines is 1. The second-order valence-corrected chi connectivity index (χ2v) is 6.06. The normalized spacial score (nSPS) is 11.1. The highest BCUT2D eigenvalue weighted by Crippen LogP contribution is 2.26. The molecule has 0 fully saturated rings. The van der Waals surface area contributed by atoms with Crippen LogP contribution in [-0.4, -0.2) is 24.6 Å². The van der Waals surface area contributed by atoms with Crippen molar-refractivity contribution in [2.45, 2.75) is 11.8 Å². The topological polar surface area (TPSA) is 104 Å². The summed E-state index contributed by atoms with van der Waals surface area (Å²) < 4.78 is 27.0. The van der Waals surface area contributed by atoms with E-state index in [0.717, 1.165) is 12.1 Å². The van der Waals surface area contributed by atoms with E-state index in [1.54, 1.807) is 30.3 Å². The monoisotopic (exact) mass is 307 g/mol. The molecule has 0 radical (unpaired) electrons. The van der Waals surface area contributed by atoms with Gasteiger partial charge in [-0.3, -0.25) is 4.72 Å². The third-order valence-electron chi connectivity index (χ3n) is 2.84. The zero-order valence-corrected chi connectivity index (χ0v) is 11.9. The maximum absolute atomic E-state index is 12.3. The molecule has 0 aliphatic carbocycles. The molecule has 6 nitrogen and oxygen atoms in total. The van der Waals surface area contributed by atoms with Gasteiger partial charge in [0, 0.05) is 5.69 Å². The molecule has 0 bridgehead atoms. The third-order valence-corrected chi connectivity index (χ3v) is 4.36. The first-order chi connectivity index (χ1) is 9.81. The Kier molecular flexibility index (Phi) is 3.86. The number of hydrogen-bond acceptors (Lipinski definition) is 4. The standard InChI is InChI=1S/C14H13NO5S/c1-9-7-12(16)11(14(17)18)8-13(9)21(19,20)15-10-5-3-2-4-6-10/h2-8,15-16H,1H3,(H,17,18). The van der Waals surface area contributed by atoms with Crippen LogP contribution in [-0.2, 0) is 10.0 Å². The minimum atomic E-state index is -3.94. The molecule has 0 heterocycles. The van der Waals surface area contributed by atoms with Crippen LogP contribution in [0.15, 0.2) is 47.4 Å². The number of para-hydroxylation sites is 1. The molecule has 0 saturated heterocycles. The van der Waals surface area contributed by atoms with Crippen LogP contribution in [0.1, 0.15) is 15.9 Å². The van der Waals surface area contributed by atoms with Crippen LogP contribution >= 0.6 is 0 Å². The van der Waals surface area contributed by atoms with Crippen molar-refractivity contribution in [3.8, 4) is 5.75 Å². The first-order valence-electron chi connectivity index (χ1n) is 5.96. The van der Waals surface area contributed by atoms with Crippen LogP contribution in [0.25, 0.3) is 0 Å². The van der Waals surface area contributed by atoms with Crippen LogP contribution in [0.3, 0.4) is 0 Å². The zero-order chi connectivity index (χ0) is 15.6. The van der Waals surface area contributed by atoms with Gasteiger partial charge in [-0.15, -0.1) is 0 Å². The zero-order valence-electron chi connectivity index (χ0n) is 11.1. The minimum Gasteiger partial charge on any atom is -0.507 e. The second-order valence-electron chi connectivity index (χ2n) is 4.41. The molecule has 21 heavy (non-hydrogen) atoms. The van der Waals surface area contributed by atoms with Gasteiger partial charge in [0.05, 0.1) is 4.90 Å². The third kappa shape index (κ3) is 3.14. The lowest BCUT2D eigenvalue weighted by atomic mass is 10.1. The lowest BCUT2D eigenvalue weighted by Gasteiger charge is -2.12. The maximum atomic E-state index is 12.3. The maximum Gasteiger partial charge on any atom is 0.339 e. The van der Waals surface area contributed by atoms with E-state index in [4.69, 9.17) is 5.11 Å². The summed E-state index contributed by atoms with van der Waals surface area (Å²) in [6, 6.07) is 10.3. The van der Waals surface area contributed by atoms with Gasteiger partial charge >= 0.3 is 5.97 Å². The predicted octanol–water partition coefficient (Wildman–Crippen LogP) is 2.20. The first kappa shape index (κ1) is 14.9. The minimum absolute atomic E-state index is 0.193. The number of sulfonamides is 1. The van der Waals surface area contributed by atoms with Crippen LogP contribution in [0, 0.1) is 6.92 Å². The summed E-state index contributed by atoms with van der Waals surface area (Å²) >= 11 is 0. The number of nitrogens with one attached hydrogen (secondary N) is 1. The molecule has 3 N–H and O–H groups in total. The number of carboxylic acid groups (broad SMARTS) is 1. The summed E-state index contributed by atoms with van der Waals surface area (Å²) in [5.41, 5.74) is 0.150. The molecule has 0 unspecified atom stereocenters. The number of carbonyl (C=O) groups is 1. The van der Waals surface area contributed by atoms with Gasteiger partial charge in [-0.05, 0) is 36.8 Å². The molecule has 0 aliphatic rings. The Morgan fingerprint density at radius 2 is 1.76 bits per heavy atom. The summed E-state index contributed by atoms with van der Waals surface area (Å²) in [6.45, 7) is 1.48. The van der Waals surface area contributed by atoms with E-state index < -0.39 is 27.3 Å². The fourth-order valence-electron chi connectivity index (χ4n) is 1.85. The molecule has 0 aliphatic heterocycles. The number of benzene rings is 2. The average molecular weight is 307 g/mol. The fourth-order valence-corrected chi connectivity index (χ4v) is 3.16. The quantitative estimate of drug-likeness (QED) is 0.803. The van der Waals surface area contributed by atoms with Crippen molar-refractivity contribution >= 4 is 21.7 Å². The second kappa shape index (κ2) is 5.45. The van der Waals surface area contributed by atoms with Crippen LogP contribution in [0.4, 0.5) is 5.69 Å². The number of aromatic carboxylic acids is 1. The van der Waals surface area contributed by atoms with Crippen molar-refractivity contribution in [1.29, 1.82) is 0 Å². The molecule has 0 amide bonds. The molecule has 110 valence electrons. The molecule has 0 spiro atoms. The van der Waals surface area contributed by atoms with E-state index in [9.17, 15) is 18.3 Å². The van der Waals surface area contributed by atoms with Gasteiger partial charge in [0.25, 0.3) is 10.0 Å². The molecule has 0 atom stereocenters. The van der Waals surface area contributed by atoms with Gasteiger partial charge in [0.2, 0.25) is 0 Å². The van der Waals surface area contributed by atoms with Crippen molar-refractivity contribution < 1.29 is 23.4 Å². The van der Waals surface area contributed by atoms with Gasteiger partial charge in [-0.1, -0.05) is 18.2 Å².